The molecule has 0 radical (unpaired) electrons. The lowest BCUT2D eigenvalue weighted by molar-refractivity contribution is 0.963. The van der Waals surface area contributed by atoms with E-state index >= 15 is 0 Å². The average Bonchev–Trinajstić information content (AvgIpc) is 2.33. The molecule has 0 N–H and O–H groups in total. The van der Waals surface area contributed by atoms with Crippen LogP contribution in [0.25, 0.3) is 0 Å². The lowest BCUT2D eigenvalue weighted by Crippen LogP contribution is -1.98. The number of hydrogen-bond donors (Lipinski definition) is 0. The van der Waals surface area contributed by atoms with E-state index in [2.05, 4.69) is 9.97 Å². The van der Waals surface area contributed by atoms with Crippen molar-refractivity contribution in [1.82, 2.24) is 9.97 Å². The van der Waals surface area contributed by atoms with E-state index in [1.807, 2.05) is 6.07 Å². The molecule has 2 aromatic rings. The fraction of sp³-hybridized carbons (Fsp3) is 0.0833. The molecule has 18 heavy (non-hydrogen) atoms. The summed E-state index contributed by atoms with van der Waals surface area (Å²) < 4.78 is 0. The maximum Gasteiger partial charge on any atom is 0.150 e. The Morgan fingerprint density at radius 1 is 1.22 bits per heavy atom. The molecule has 6 heteroatoms. The highest BCUT2D eigenvalue weighted by molar-refractivity contribution is 6.35. The zero-order chi connectivity index (χ0) is 13.1. The minimum absolute atomic E-state index is 0.146. The summed E-state index contributed by atoms with van der Waals surface area (Å²) in [6.45, 7) is 0. The molecule has 0 amide bonds. The Bertz CT molecular complexity index is 635. The van der Waals surface area contributed by atoms with Crippen molar-refractivity contribution in [3.8, 4) is 6.07 Å². The monoisotopic (exact) mass is 297 g/mol. The van der Waals surface area contributed by atoms with E-state index in [9.17, 15) is 0 Å². The van der Waals surface area contributed by atoms with E-state index in [4.69, 9.17) is 40.1 Å². The summed E-state index contributed by atoms with van der Waals surface area (Å²) in [5.41, 5.74) is 1.10. The van der Waals surface area contributed by atoms with Crippen LogP contribution in [0.3, 0.4) is 0 Å². The molecule has 0 aliphatic heterocycles. The van der Waals surface area contributed by atoms with Crippen molar-refractivity contribution < 1.29 is 0 Å². The van der Waals surface area contributed by atoms with Crippen molar-refractivity contribution in [3.63, 3.8) is 0 Å². The van der Waals surface area contributed by atoms with Crippen molar-refractivity contribution in [1.29, 1.82) is 5.26 Å². The van der Waals surface area contributed by atoms with Gasteiger partial charge in [0.15, 0.2) is 5.15 Å². The molecule has 1 aromatic carbocycles. The number of halogens is 3. The number of aromatic nitrogens is 2. The maximum atomic E-state index is 8.72. The third-order valence-electron chi connectivity index (χ3n) is 2.28. The number of hydrogen-bond acceptors (Lipinski definition) is 3. The van der Waals surface area contributed by atoms with Gasteiger partial charge in [-0.25, -0.2) is 9.97 Å². The van der Waals surface area contributed by atoms with E-state index in [0.29, 0.717) is 22.3 Å². The van der Waals surface area contributed by atoms with Gasteiger partial charge in [-0.05, 0) is 17.7 Å². The van der Waals surface area contributed by atoms with E-state index in [1.165, 1.54) is 6.20 Å². The van der Waals surface area contributed by atoms with Gasteiger partial charge in [0, 0.05) is 22.7 Å². The molecule has 0 atom stereocenters. The minimum Gasteiger partial charge on any atom is -0.240 e. The van der Waals surface area contributed by atoms with Gasteiger partial charge in [0.2, 0.25) is 0 Å². The third-order valence-corrected chi connectivity index (χ3v) is 3.15. The summed E-state index contributed by atoms with van der Waals surface area (Å²) in [7, 11) is 0. The van der Waals surface area contributed by atoms with Gasteiger partial charge in [0.05, 0.1) is 0 Å². The van der Waals surface area contributed by atoms with Crippen LogP contribution in [0.2, 0.25) is 15.2 Å². The van der Waals surface area contributed by atoms with Crippen molar-refractivity contribution in [2.24, 2.45) is 0 Å². The Kier molecular flexibility index (Phi) is 4.03. The van der Waals surface area contributed by atoms with Crippen LogP contribution in [0.4, 0.5) is 0 Å². The standard InChI is InChI=1S/C12H6Cl3N3/c13-9-2-1-7(10(14)4-9)3-11-17-6-8(5-16)12(15)18-11/h1-2,4,6H,3H2. The van der Waals surface area contributed by atoms with Crippen molar-refractivity contribution in [2.75, 3.05) is 0 Å². The lowest BCUT2D eigenvalue weighted by atomic mass is 10.1. The molecule has 0 aliphatic rings. The van der Waals surface area contributed by atoms with Gasteiger partial charge in [0.25, 0.3) is 0 Å². The first-order valence-electron chi connectivity index (χ1n) is 4.95. The molecule has 2 rings (SSSR count). The summed E-state index contributed by atoms with van der Waals surface area (Å²) in [6, 6.07) is 7.11. The SMILES string of the molecule is N#Cc1cnc(Cc2ccc(Cl)cc2Cl)nc1Cl. The van der Waals surface area contributed by atoms with Gasteiger partial charge in [-0.15, -0.1) is 0 Å². The Morgan fingerprint density at radius 3 is 2.61 bits per heavy atom. The van der Waals surface area contributed by atoms with Crippen molar-refractivity contribution >= 4 is 34.8 Å². The molecule has 0 saturated carbocycles. The van der Waals surface area contributed by atoms with E-state index < -0.39 is 0 Å². The van der Waals surface area contributed by atoms with Crippen LogP contribution < -0.4 is 0 Å². The second kappa shape index (κ2) is 5.53. The second-order valence-corrected chi connectivity index (χ2v) is 4.72. The largest absolute Gasteiger partial charge is 0.240 e. The molecule has 90 valence electrons. The Balaban J connectivity index is 2.29. The second-order valence-electron chi connectivity index (χ2n) is 3.52. The number of nitriles is 1. The maximum absolute atomic E-state index is 8.72. The fourth-order valence-corrected chi connectivity index (χ4v) is 2.05. The van der Waals surface area contributed by atoms with Crippen LogP contribution in [0, 0.1) is 11.3 Å². The highest BCUT2D eigenvalue weighted by atomic mass is 35.5. The van der Waals surface area contributed by atoms with Gasteiger partial charge in [-0.3, -0.25) is 0 Å². The fourth-order valence-electron chi connectivity index (χ4n) is 1.39. The quantitative estimate of drug-likeness (QED) is 0.790. The molecule has 0 unspecified atom stereocenters. The Morgan fingerprint density at radius 2 is 2.00 bits per heavy atom. The van der Waals surface area contributed by atoms with E-state index in [-0.39, 0.29) is 10.7 Å². The molecule has 0 bridgehead atoms. The zero-order valence-corrected chi connectivity index (χ0v) is 11.3. The van der Waals surface area contributed by atoms with Crippen LogP contribution in [-0.2, 0) is 6.42 Å². The number of nitrogens with zero attached hydrogens (tertiary/aromatic N) is 3. The zero-order valence-electron chi connectivity index (χ0n) is 8.99. The summed E-state index contributed by atoms with van der Waals surface area (Å²) in [5.74, 6) is 0.503. The molecular weight excluding hydrogens is 293 g/mol. The first kappa shape index (κ1) is 13.1. The van der Waals surface area contributed by atoms with Crippen LogP contribution in [0.5, 0.6) is 0 Å². The van der Waals surface area contributed by atoms with Crippen LogP contribution in [-0.4, -0.2) is 9.97 Å². The highest BCUT2D eigenvalue weighted by Gasteiger charge is 2.08. The van der Waals surface area contributed by atoms with Crippen molar-refractivity contribution in [3.05, 3.63) is 56.5 Å². The van der Waals surface area contributed by atoms with E-state index in [1.54, 1.807) is 18.2 Å². The normalized spacial score (nSPS) is 10.1. The Hall–Kier alpha value is -1.34. The predicted molar refractivity (Wildman–Crippen MR) is 71.0 cm³/mol. The molecule has 0 aliphatic carbocycles. The molecule has 0 fully saturated rings. The van der Waals surface area contributed by atoms with Crippen molar-refractivity contribution in [2.45, 2.75) is 6.42 Å². The highest BCUT2D eigenvalue weighted by Crippen LogP contribution is 2.23. The van der Waals surface area contributed by atoms with Crippen LogP contribution >= 0.6 is 34.8 Å². The summed E-state index contributed by atoms with van der Waals surface area (Å²) in [6.07, 6.45) is 1.83. The predicted octanol–water partition coefficient (Wildman–Crippen LogP) is 3.90. The molecule has 1 aromatic heterocycles. The molecule has 3 nitrogen and oxygen atoms in total. The first-order chi connectivity index (χ1) is 8.60. The van der Waals surface area contributed by atoms with Crippen LogP contribution in [0.15, 0.2) is 24.4 Å². The summed E-state index contributed by atoms with van der Waals surface area (Å²) in [5, 5.41) is 9.99. The van der Waals surface area contributed by atoms with Crippen LogP contribution in [0.1, 0.15) is 17.0 Å². The topological polar surface area (TPSA) is 49.6 Å². The van der Waals surface area contributed by atoms with Gasteiger partial charge in [-0.1, -0.05) is 40.9 Å². The lowest BCUT2D eigenvalue weighted by Gasteiger charge is -2.04. The number of benzene rings is 1. The molecular formula is C12H6Cl3N3. The molecule has 0 saturated heterocycles. The Labute approximate surface area is 119 Å². The smallest absolute Gasteiger partial charge is 0.150 e. The minimum atomic E-state index is 0.146. The summed E-state index contributed by atoms with van der Waals surface area (Å²) >= 11 is 17.7. The van der Waals surface area contributed by atoms with Gasteiger partial charge in [-0.2, -0.15) is 5.26 Å². The summed E-state index contributed by atoms with van der Waals surface area (Å²) in [4.78, 5) is 8.10. The van der Waals surface area contributed by atoms with E-state index in [0.717, 1.165) is 5.56 Å². The van der Waals surface area contributed by atoms with Gasteiger partial charge >= 0.3 is 0 Å². The number of rotatable bonds is 2. The molecule has 0 spiro atoms. The van der Waals surface area contributed by atoms with Gasteiger partial charge < -0.3 is 0 Å². The van der Waals surface area contributed by atoms with Gasteiger partial charge in [0.1, 0.15) is 17.5 Å². The third kappa shape index (κ3) is 2.91. The molecule has 1 heterocycles. The average molecular weight is 299 g/mol. The first-order valence-corrected chi connectivity index (χ1v) is 6.09.